The number of rotatable bonds is 5. The van der Waals surface area contributed by atoms with Gasteiger partial charge in [-0.05, 0) is 85.5 Å². The van der Waals surface area contributed by atoms with Crippen LogP contribution in [-0.2, 0) is 17.3 Å². The zero-order valence-corrected chi connectivity index (χ0v) is 21.9. The molecule has 4 heteroatoms. The third-order valence-corrected chi connectivity index (χ3v) is 12.6. The predicted molar refractivity (Wildman–Crippen MR) is 134 cm³/mol. The van der Waals surface area contributed by atoms with E-state index in [-0.39, 0.29) is 17.0 Å². The zero-order chi connectivity index (χ0) is 23.1. The molecule has 0 aliphatic heterocycles. The van der Waals surface area contributed by atoms with Crippen molar-refractivity contribution in [1.82, 2.24) is 4.98 Å². The molecule has 0 radical (unpaired) electrons. The van der Waals surface area contributed by atoms with Crippen molar-refractivity contribution >= 4 is 8.32 Å². The molecule has 1 unspecified atom stereocenters. The van der Waals surface area contributed by atoms with E-state index in [9.17, 15) is 4.39 Å². The highest BCUT2D eigenvalue weighted by molar-refractivity contribution is 6.74. The van der Waals surface area contributed by atoms with Crippen LogP contribution in [0.25, 0.3) is 11.1 Å². The molecular weight excluding hydrogens is 413 g/mol. The molecule has 1 aromatic heterocycles. The van der Waals surface area contributed by atoms with Gasteiger partial charge in [-0.1, -0.05) is 52.7 Å². The first-order valence-electron chi connectivity index (χ1n) is 12.6. The lowest BCUT2D eigenvalue weighted by Crippen LogP contribution is -2.42. The molecule has 2 aliphatic rings. The Hall–Kier alpha value is -1.52. The zero-order valence-electron chi connectivity index (χ0n) is 20.9. The molecule has 0 N–H and O–H groups in total. The van der Waals surface area contributed by atoms with E-state index in [1.165, 1.54) is 53.8 Å². The second kappa shape index (κ2) is 9.02. The van der Waals surface area contributed by atoms with Crippen molar-refractivity contribution < 1.29 is 8.82 Å². The van der Waals surface area contributed by atoms with Crippen LogP contribution in [-0.4, -0.2) is 13.3 Å². The number of nitrogens with zero attached hydrogens (tertiary/aromatic N) is 1. The number of benzene rings is 1. The van der Waals surface area contributed by atoms with Crippen molar-refractivity contribution in [2.24, 2.45) is 0 Å². The molecule has 1 atom stereocenters. The van der Waals surface area contributed by atoms with Gasteiger partial charge in [0.2, 0.25) is 0 Å². The molecule has 1 aromatic carbocycles. The Morgan fingerprint density at radius 2 is 1.69 bits per heavy atom. The number of fused-ring (bicyclic) bond motifs is 1. The van der Waals surface area contributed by atoms with Crippen LogP contribution in [0.4, 0.5) is 4.39 Å². The Kier molecular flexibility index (Phi) is 6.66. The molecule has 4 rings (SSSR count). The Bertz CT molecular complexity index is 955. The van der Waals surface area contributed by atoms with Crippen molar-refractivity contribution in [3.63, 3.8) is 0 Å². The van der Waals surface area contributed by atoms with E-state index < -0.39 is 8.32 Å². The molecule has 0 amide bonds. The first-order valence-corrected chi connectivity index (χ1v) is 15.5. The molecule has 2 aromatic rings. The van der Waals surface area contributed by atoms with Gasteiger partial charge in [0.25, 0.3) is 0 Å². The number of halogens is 1. The molecule has 2 aliphatic carbocycles. The molecule has 1 saturated carbocycles. The quantitative estimate of drug-likeness (QED) is 0.423. The lowest BCUT2D eigenvalue weighted by atomic mass is 9.81. The average molecular weight is 454 g/mol. The Balaban J connectivity index is 1.92. The fourth-order valence-corrected chi connectivity index (χ4v) is 6.64. The first kappa shape index (κ1) is 23.6. The van der Waals surface area contributed by atoms with Gasteiger partial charge in [0, 0.05) is 22.9 Å². The number of aryl methyl sites for hydroxylation is 1. The van der Waals surface area contributed by atoms with Crippen molar-refractivity contribution in [2.75, 3.05) is 0 Å². The Morgan fingerprint density at radius 3 is 2.28 bits per heavy atom. The van der Waals surface area contributed by atoms with Crippen LogP contribution in [0, 0.1) is 5.82 Å². The standard InChI is InChI=1S/C28H40FNOSi/c1-7-22-25(19-15-17-21(29)18-16-19)26-23(30-27(22)20-11-8-9-12-20)13-10-14-24(26)31-32(5,6)28(2,3)4/h15-18,20,24H,7-14H2,1-6H3. The second-order valence-corrected chi connectivity index (χ2v) is 16.1. The lowest BCUT2D eigenvalue weighted by Gasteiger charge is -2.41. The molecule has 1 fully saturated rings. The monoisotopic (exact) mass is 453 g/mol. The van der Waals surface area contributed by atoms with Gasteiger partial charge >= 0.3 is 0 Å². The summed E-state index contributed by atoms with van der Waals surface area (Å²) < 4.78 is 20.9. The highest BCUT2D eigenvalue weighted by atomic mass is 28.4. The number of hydrogen-bond donors (Lipinski definition) is 0. The number of pyridine rings is 1. The average Bonchev–Trinajstić information content (AvgIpc) is 3.27. The van der Waals surface area contributed by atoms with Crippen LogP contribution in [0.1, 0.15) is 101 Å². The molecule has 174 valence electrons. The third kappa shape index (κ3) is 4.45. The van der Waals surface area contributed by atoms with Gasteiger partial charge in [0.05, 0.1) is 6.10 Å². The fourth-order valence-electron chi connectivity index (χ4n) is 5.34. The van der Waals surface area contributed by atoms with Gasteiger partial charge in [-0.15, -0.1) is 0 Å². The van der Waals surface area contributed by atoms with Crippen molar-refractivity contribution in [3.05, 3.63) is 52.6 Å². The lowest BCUT2D eigenvalue weighted by molar-refractivity contribution is 0.162. The molecule has 0 bridgehead atoms. The second-order valence-electron chi connectivity index (χ2n) is 11.3. The van der Waals surface area contributed by atoms with Crippen LogP contribution in [0.15, 0.2) is 24.3 Å². The van der Waals surface area contributed by atoms with E-state index in [0.717, 1.165) is 31.2 Å². The minimum absolute atomic E-state index is 0.0788. The molecule has 0 spiro atoms. The topological polar surface area (TPSA) is 22.1 Å². The maximum atomic E-state index is 13.8. The number of hydrogen-bond acceptors (Lipinski definition) is 2. The molecule has 2 nitrogen and oxygen atoms in total. The van der Waals surface area contributed by atoms with E-state index >= 15 is 0 Å². The summed E-state index contributed by atoms with van der Waals surface area (Å²) in [7, 11) is -1.95. The van der Waals surface area contributed by atoms with Crippen LogP contribution in [0.3, 0.4) is 0 Å². The van der Waals surface area contributed by atoms with E-state index in [0.29, 0.717) is 5.92 Å². The van der Waals surface area contributed by atoms with Gasteiger partial charge in [-0.2, -0.15) is 0 Å². The fraction of sp³-hybridized carbons (Fsp3) is 0.607. The minimum atomic E-state index is -1.95. The highest BCUT2D eigenvalue weighted by Gasteiger charge is 2.41. The van der Waals surface area contributed by atoms with Gasteiger partial charge in [0.1, 0.15) is 5.82 Å². The summed E-state index contributed by atoms with van der Waals surface area (Å²) in [6.45, 7) is 13.9. The molecule has 32 heavy (non-hydrogen) atoms. The molecule has 1 heterocycles. The summed E-state index contributed by atoms with van der Waals surface area (Å²) >= 11 is 0. The highest BCUT2D eigenvalue weighted by Crippen LogP contribution is 2.48. The van der Waals surface area contributed by atoms with Gasteiger partial charge in [-0.25, -0.2) is 4.39 Å². The van der Waals surface area contributed by atoms with Gasteiger partial charge < -0.3 is 4.43 Å². The Morgan fingerprint density at radius 1 is 1.03 bits per heavy atom. The van der Waals surface area contributed by atoms with E-state index in [1.54, 1.807) is 12.1 Å². The maximum absolute atomic E-state index is 13.8. The van der Waals surface area contributed by atoms with Crippen LogP contribution < -0.4 is 0 Å². The molecular formula is C28H40FNOSi. The summed E-state index contributed by atoms with van der Waals surface area (Å²) in [5.41, 5.74) is 7.63. The van der Waals surface area contributed by atoms with Crippen molar-refractivity contribution in [3.8, 4) is 11.1 Å². The SMILES string of the molecule is CCc1c(C2CCCC2)nc2c(c1-c1ccc(F)cc1)C(O[Si](C)(C)C(C)(C)C)CCC2. The maximum Gasteiger partial charge on any atom is 0.192 e. The van der Waals surface area contributed by atoms with Crippen molar-refractivity contribution in [2.45, 2.75) is 109 Å². The summed E-state index contributed by atoms with van der Waals surface area (Å²) in [4.78, 5) is 5.37. The summed E-state index contributed by atoms with van der Waals surface area (Å²) in [5, 5.41) is 0.158. The summed E-state index contributed by atoms with van der Waals surface area (Å²) in [6, 6.07) is 7.12. The van der Waals surface area contributed by atoms with Crippen molar-refractivity contribution in [1.29, 1.82) is 0 Å². The van der Waals surface area contributed by atoms with Crippen LogP contribution >= 0.6 is 0 Å². The van der Waals surface area contributed by atoms with Crippen LogP contribution in [0.5, 0.6) is 0 Å². The Labute approximate surface area is 195 Å². The van der Waals surface area contributed by atoms with E-state index in [1.807, 2.05) is 12.1 Å². The van der Waals surface area contributed by atoms with Crippen LogP contribution in [0.2, 0.25) is 18.1 Å². The van der Waals surface area contributed by atoms with Gasteiger partial charge in [0.15, 0.2) is 8.32 Å². The molecule has 0 saturated heterocycles. The normalized spacial score (nSPS) is 19.9. The van der Waals surface area contributed by atoms with E-state index in [2.05, 4.69) is 40.8 Å². The third-order valence-electron chi connectivity index (χ3n) is 8.12. The van der Waals surface area contributed by atoms with E-state index in [4.69, 9.17) is 9.41 Å². The minimum Gasteiger partial charge on any atom is -0.410 e. The first-order chi connectivity index (χ1) is 15.1. The summed E-state index contributed by atoms with van der Waals surface area (Å²) in [5.74, 6) is 0.385. The smallest absolute Gasteiger partial charge is 0.192 e. The van der Waals surface area contributed by atoms with Gasteiger partial charge in [-0.3, -0.25) is 4.98 Å². The number of aromatic nitrogens is 1. The predicted octanol–water partition coefficient (Wildman–Crippen LogP) is 8.51. The summed E-state index contributed by atoms with van der Waals surface area (Å²) in [6.07, 6.45) is 9.30. The largest absolute Gasteiger partial charge is 0.410 e.